The summed E-state index contributed by atoms with van der Waals surface area (Å²) in [6.45, 7) is 1.68. The normalized spacial score (nSPS) is 14.4. The molecule has 1 heterocycles. The Morgan fingerprint density at radius 1 is 0.971 bits per heavy atom. The number of nitrogens with zero attached hydrogens (tertiary/aromatic N) is 1. The first-order valence-electron chi connectivity index (χ1n) is 11.6. The Hall–Kier alpha value is -3.87. The molecule has 1 aromatic heterocycles. The van der Waals surface area contributed by atoms with Crippen LogP contribution >= 0.6 is 0 Å². The molecule has 0 radical (unpaired) electrons. The van der Waals surface area contributed by atoms with Crippen LogP contribution in [0, 0.1) is 6.92 Å². The Morgan fingerprint density at radius 2 is 1.68 bits per heavy atom. The summed E-state index contributed by atoms with van der Waals surface area (Å²) >= 11 is 0. The monoisotopic (exact) mass is 459 g/mol. The van der Waals surface area contributed by atoms with Crippen molar-refractivity contribution >= 4 is 23.4 Å². The summed E-state index contributed by atoms with van der Waals surface area (Å²) in [4.78, 5) is 41.0. The number of rotatable bonds is 8. The predicted octanol–water partition coefficient (Wildman–Crippen LogP) is 4.15. The third kappa shape index (κ3) is 5.54. The third-order valence-electron chi connectivity index (χ3n) is 6.05. The molecule has 2 N–H and O–H groups in total. The van der Waals surface area contributed by atoms with Crippen molar-refractivity contribution in [1.82, 2.24) is 10.6 Å². The van der Waals surface area contributed by atoms with E-state index in [1.165, 1.54) is 17.2 Å². The highest BCUT2D eigenvalue weighted by Crippen LogP contribution is 2.29. The Bertz CT molecular complexity index is 1100. The molecule has 1 aliphatic carbocycles. The number of furan rings is 1. The second-order valence-electron chi connectivity index (χ2n) is 8.56. The van der Waals surface area contributed by atoms with E-state index < -0.39 is 17.9 Å². The van der Waals surface area contributed by atoms with Gasteiger partial charge in [0.15, 0.2) is 5.76 Å². The van der Waals surface area contributed by atoms with Crippen molar-refractivity contribution in [3.63, 3.8) is 0 Å². The Morgan fingerprint density at radius 3 is 2.32 bits per heavy atom. The molecule has 2 aromatic carbocycles. The van der Waals surface area contributed by atoms with Crippen LogP contribution < -0.4 is 15.5 Å². The van der Waals surface area contributed by atoms with Gasteiger partial charge in [-0.3, -0.25) is 19.3 Å². The quantitative estimate of drug-likeness (QED) is 0.529. The molecule has 0 spiro atoms. The van der Waals surface area contributed by atoms with E-state index in [-0.39, 0.29) is 24.3 Å². The van der Waals surface area contributed by atoms with Crippen LogP contribution in [0.4, 0.5) is 5.69 Å². The van der Waals surface area contributed by atoms with E-state index in [4.69, 9.17) is 4.42 Å². The van der Waals surface area contributed by atoms with Gasteiger partial charge in [-0.05, 0) is 49.6 Å². The number of carbonyl (C=O) groups is 3. The number of amides is 3. The first-order valence-corrected chi connectivity index (χ1v) is 11.6. The van der Waals surface area contributed by atoms with Crippen LogP contribution in [0.1, 0.15) is 53.4 Å². The first kappa shape index (κ1) is 23.3. The molecule has 0 aliphatic heterocycles. The largest absolute Gasteiger partial charge is 0.459 e. The second-order valence-corrected chi connectivity index (χ2v) is 8.56. The zero-order valence-corrected chi connectivity index (χ0v) is 19.2. The van der Waals surface area contributed by atoms with Crippen LogP contribution in [0.15, 0.2) is 77.4 Å². The minimum absolute atomic E-state index is 0.104. The minimum atomic E-state index is -0.877. The molecule has 1 fully saturated rings. The van der Waals surface area contributed by atoms with Gasteiger partial charge in [-0.1, -0.05) is 60.9 Å². The molecule has 176 valence electrons. The van der Waals surface area contributed by atoms with E-state index in [1.54, 1.807) is 6.07 Å². The maximum atomic E-state index is 13.6. The summed E-state index contributed by atoms with van der Waals surface area (Å²) in [5.41, 5.74) is 2.32. The maximum Gasteiger partial charge on any atom is 0.287 e. The van der Waals surface area contributed by atoms with Crippen LogP contribution in [0.5, 0.6) is 0 Å². The highest BCUT2D eigenvalue weighted by atomic mass is 16.3. The maximum absolute atomic E-state index is 13.6. The van der Waals surface area contributed by atoms with Crippen molar-refractivity contribution in [3.8, 4) is 0 Å². The number of carbonyl (C=O) groups excluding carboxylic acids is 3. The summed E-state index contributed by atoms with van der Waals surface area (Å²) in [5, 5.41) is 5.76. The van der Waals surface area contributed by atoms with Gasteiger partial charge < -0.3 is 15.1 Å². The molecule has 0 unspecified atom stereocenters. The fourth-order valence-corrected chi connectivity index (χ4v) is 4.28. The lowest BCUT2D eigenvalue weighted by Crippen LogP contribution is -2.49. The third-order valence-corrected chi connectivity index (χ3v) is 6.05. The standard InChI is InChI=1S/C27H29N3O4/c1-19-13-15-22(16-14-19)30(24(31)18-28-26(32)23-12-7-17-34-23)25(20-8-3-2-4-9-20)27(33)29-21-10-5-6-11-21/h2-4,7-9,12-17,21,25H,5-6,10-11,18H2,1H3,(H,28,32)(H,29,33)/t25-/m0/s1. The second kappa shape index (κ2) is 10.8. The Balaban J connectivity index is 1.65. The summed E-state index contributed by atoms with van der Waals surface area (Å²) in [5.74, 6) is -1.01. The number of nitrogens with one attached hydrogen (secondary N) is 2. The molecule has 7 nitrogen and oxygen atoms in total. The van der Waals surface area contributed by atoms with E-state index >= 15 is 0 Å². The topological polar surface area (TPSA) is 91.7 Å². The average Bonchev–Trinajstić information content (AvgIpc) is 3.57. The van der Waals surface area contributed by atoms with Crippen molar-refractivity contribution < 1.29 is 18.8 Å². The molecule has 3 amide bonds. The van der Waals surface area contributed by atoms with E-state index in [0.717, 1.165) is 31.2 Å². The van der Waals surface area contributed by atoms with Crippen LogP contribution in [0.2, 0.25) is 0 Å². The van der Waals surface area contributed by atoms with Crippen LogP contribution in [-0.2, 0) is 9.59 Å². The van der Waals surface area contributed by atoms with Gasteiger partial charge >= 0.3 is 0 Å². The van der Waals surface area contributed by atoms with Crippen molar-refractivity contribution in [3.05, 3.63) is 89.9 Å². The average molecular weight is 460 g/mol. The number of anilines is 1. The molecule has 1 saturated carbocycles. The van der Waals surface area contributed by atoms with Gasteiger partial charge in [0.25, 0.3) is 5.91 Å². The van der Waals surface area contributed by atoms with Gasteiger partial charge in [-0.25, -0.2) is 0 Å². The number of benzene rings is 2. The molecule has 4 rings (SSSR count). The lowest BCUT2D eigenvalue weighted by Gasteiger charge is -2.32. The molecule has 0 saturated heterocycles. The van der Waals surface area contributed by atoms with Crippen molar-refractivity contribution in [1.29, 1.82) is 0 Å². The molecule has 3 aromatic rings. The Labute approximate surface area is 199 Å². The zero-order chi connectivity index (χ0) is 23.9. The summed E-state index contributed by atoms with van der Waals surface area (Å²) in [6.07, 6.45) is 5.44. The number of aryl methyl sites for hydroxylation is 1. The van der Waals surface area contributed by atoms with Gasteiger partial charge in [0.1, 0.15) is 6.04 Å². The smallest absolute Gasteiger partial charge is 0.287 e. The fourth-order valence-electron chi connectivity index (χ4n) is 4.28. The van der Waals surface area contributed by atoms with Gasteiger partial charge in [-0.15, -0.1) is 0 Å². The molecule has 0 bridgehead atoms. The van der Waals surface area contributed by atoms with Crippen LogP contribution in [0.25, 0.3) is 0 Å². The van der Waals surface area contributed by atoms with Crippen LogP contribution in [-0.4, -0.2) is 30.3 Å². The zero-order valence-electron chi connectivity index (χ0n) is 19.2. The molecule has 34 heavy (non-hydrogen) atoms. The van der Waals surface area contributed by atoms with E-state index in [2.05, 4.69) is 10.6 Å². The predicted molar refractivity (Wildman–Crippen MR) is 129 cm³/mol. The molecule has 1 aliphatic rings. The van der Waals surface area contributed by atoms with Crippen molar-refractivity contribution in [2.75, 3.05) is 11.4 Å². The van der Waals surface area contributed by atoms with E-state index in [0.29, 0.717) is 11.3 Å². The minimum Gasteiger partial charge on any atom is -0.459 e. The van der Waals surface area contributed by atoms with Gasteiger partial charge in [0.05, 0.1) is 12.8 Å². The summed E-state index contributed by atoms with van der Waals surface area (Å²) in [6, 6.07) is 19.0. The highest BCUT2D eigenvalue weighted by Gasteiger charge is 2.34. The molecular formula is C27H29N3O4. The number of hydrogen-bond donors (Lipinski definition) is 2. The first-order chi connectivity index (χ1) is 16.5. The highest BCUT2D eigenvalue weighted by molar-refractivity contribution is 6.04. The van der Waals surface area contributed by atoms with Crippen molar-refractivity contribution in [2.24, 2.45) is 0 Å². The van der Waals surface area contributed by atoms with E-state index in [1.807, 2.05) is 61.5 Å². The van der Waals surface area contributed by atoms with Gasteiger partial charge in [0.2, 0.25) is 11.8 Å². The molecule has 7 heteroatoms. The SMILES string of the molecule is Cc1ccc(N(C(=O)CNC(=O)c2ccco2)[C@H](C(=O)NC2CCCC2)c2ccccc2)cc1. The van der Waals surface area contributed by atoms with Gasteiger partial charge in [0, 0.05) is 11.7 Å². The number of hydrogen-bond acceptors (Lipinski definition) is 4. The van der Waals surface area contributed by atoms with Crippen LogP contribution in [0.3, 0.4) is 0 Å². The fraction of sp³-hybridized carbons (Fsp3) is 0.296. The van der Waals surface area contributed by atoms with E-state index in [9.17, 15) is 14.4 Å². The lowest BCUT2D eigenvalue weighted by molar-refractivity contribution is -0.126. The molecule has 1 atom stereocenters. The molecular weight excluding hydrogens is 430 g/mol. The Kier molecular flexibility index (Phi) is 7.42. The lowest BCUT2D eigenvalue weighted by atomic mass is 10.0. The summed E-state index contributed by atoms with van der Waals surface area (Å²) in [7, 11) is 0. The van der Waals surface area contributed by atoms with Crippen molar-refractivity contribution in [2.45, 2.75) is 44.7 Å². The van der Waals surface area contributed by atoms with Gasteiger partial charge in [-0.2, -0.15) is 0 Å². The summed E-state index contributed by atoms with van der Waals surface area (Å²) < 4.78 is 5.11.